The molecule has 6 heteroatoms. The van der Waals surface area contributed by atoms with Gasteiger partial charge in [0.25, 0.3) is 0 Å². The maximum absolute atomic E-state index is 12.1. The van der Waals surface area contributed by atoms with Crippen molar-refractivity contribution >= 4 is 35.1 Å². The van der Waals surface area contributed by atoms with Crippen LogP contribution in [0.2, 0.25) is 10.0 Å². The van der Waals surface area contributed by atoms with E-state index in [2.05, 4.69) is 0 Å². The summed E-state index contributed by atoms with van der Waals surface area (Å²) in [5, 5.41) is 10.2. The molecule has 26 heavy (non-hydrogen) atoms. The maximum Gasteiger partial charge on any atom is 0.186 e. The smallest absolute Gasteiger partial charge is 0.186 e. The van der Waals surface area contributed by atoms with Crippen molar-refractivity contribution in [3.8, 4) is 11.5 Å². The minimum Gasteiger partial charge on any atom is -0.508 e. The van der Waals surface area contributed by atoms with Gasteiger partial charge < -0.3 is 14.3 Å². The van der Waals surface area contributed by atoms with E-state index in [1.54, 1.807) is 48.5 Å². The van der Waals surface area contributed by atoms with Gasteiger partial charge in [0.1, 0.15) is 34.6 Å². The molecule has 0 radical (unpaired) electrons. The third kappa shape index (κ3) is 4.48. The van der Waals surface area contributed by atoms with E-state index in [0.29, 0.717) is 32.9 Å². The summed E-state index contributed by atoms with van der Waals surface area (Å²) in [5.74, 6) is 1.36. The molecule has 0 saturated heterocycles. The van der Waals surface area contributed by atoms with Crippen molar-refractivity contribution in [1.29, 1.82) is 0 Å². The molecule has 0 atom stereocenters. The van der Waals surface area contributed by atoms with Crippen LogP contribution in [0.3, 0.4) is 0 Å². The molecule has 0 bridgehead atoms. The average Bonchev–Trinajstić information content (AvgIpc) is 3.09. The second-order valence-electron chi connectivity index (χ2n) is 5.39. The molecule has 0 saturated carbocycles. The molecule has 0 spiro atoms. The molecule has 0 aliphatic heterocycles. The lowest BCUT2D eigenvalue weighted by molar-refractivity contribution is 0.104. The van der Waals surface area contributed by atoms with Gasteiger partial charge in [0, 0.05) is 5.56 Å². The Kier molecular flexibility index (Phi) is 5.66. The van der Waals surface area contributed by atoms with Gasteiger partial charge in [-0.1, -0.05) is 41.4 Å². The van der Waals surface area contributed by atoms with Crippen molar-refractivity contribution < 1.29 is 19.1 Å². The van der Waals surface area contributed by atoms with Gasteiger partial charge in [-0.25, -0.2) is 0 Å². The van der Waals surface area contributed by atoms with E-state index in [9.17, 15) is 9.90 Å². The van der Waals surface area contributed by atoms with Gasteiger partial charge in [0.2, 0.25) is 0 Å². The molecule has 1 aromatic heterocycles. The van der Waals surface area contributed by atoms with Gasteiger partial charge in [-0.2, -0.15) is 0 Å². The highest BCUT2D eigenvalue weighted by Crippen LogP contribution is 2.32. The Morgan fingerprint density at radius 2 is 1.92 bits per heavy atom. The summed E-state index contributed by atoms with van der Waals surface area (Å²) in [6.07, 6.45) is 2.94. The minimum atomic E-state index is -0.235. The second kappa shape index (κ2) is 8.13. The summed E-state index contributed by atoms with van der Waals surface area (Å²) in [6, 6.07) is 14.8. The van der Waals surface area contributed by atoms with E-state index >= 15 is 0 Å². The lowest BCUT2D eigenvalue weighted by Crippen LogP contribution is -1.94. The van der Waals surface area contributed by atoms with Crippen LogP contribution in [0.5, 0.6) is 11.5 Å². The van der Waals surface area contributed by atoms with Crippen molar-refractivity contribution in [2.45, 2.75) is 6.61 Å². The first kappa shape index (κ1) is 18.1. The van der Waals surface area contributed by atoms with Crippen molar-refractivity contribution in [3.63, 3.8) is 0 Å². The molecule has 132 valence electrons. The zero-order chi connectivity index (χ0) is 18.5. The van der Waals surface area contributed by atoms with Crippen LogP contribution in [0.25, 0.3) is 6.08 Å². The van der Waals surface area contributed by atoms with Crippen molar-refractivity contribution in [3.05, 3.63) is 87.8 Å². The van der Waals surface area contributed by atoms with E-state index in [4.69, 9.17) is 32.4 Å². The van der Waals surface area contributed by atoms with Crippen LogP contribution >= 0.6 is 23.2 Å². The maximum atomic E-state index is 12.1. The standard InChI is InChI=1S/C20H14Cl2O4/c21-17-5-2-6-19(20(17)22)25-12-16-8-7-15(26-16)9-10-18(24)13-3-1-4-14(23)11-13/h1-11,23H,12H2/b10-9+. The zero-order valence-corrected chi connectivity index (χ0v) is 15.0. The van der Waals surface area contributed by atoms with Gasteiger partial charge in [0.05, 0.1) is 5.02 Å². The van der Waals surface area contributed by atoms with Crippen LogP contribution in [0.15, 0.2) is 65.1 Å². The summed E-state index contributed by atoms with van der Waals surface area (Å²) >= 11 is 12.0. The predicted molar refractivity (Wildman–Crippen MR) is 101 cm³/mol. The van der Waals surface area contributed by atoms with Crippen LogP contribution in [-0.2, 0) is 6.61 Å². The number of ketones is 1. The number of ether oxygens (including phenoxy) is 1. The Bertz CT molecular complexity index is 960. The van der Waals surface area contributed by atoms with Gasteiger partial charge in [-0.15, -0.1) is 0 Å². The van der Waals surface area contributed by atoms with E-state index in [-0.39, 0.29) is 18.1 Å². The van der Waals surface area contributed by atoms with Crippen LogP contribution in [0.4, 0.5) is 0 Å². The normalized spacial score (nSPS) is 11.0. The molecule has 0 fully saturated rings. The first-order valence-electron chi connectivity index (χ1n) is 7.70. The zero-order valence-electron chi connectivity index (χ0n) is 13.5. The molecule has 0 unspecified atom stereocenters. The molecule has 4 nitrogen and oxygen atoms in total. The van der Waals surface area contributed by atoms with Gasteiger partial charge in [-0.3, -0.25) is 4.79 Å². The Morgan fingerprint density at radius 1 is 1.12 bits per heavy atom. The number of carbonyl (C=O) groups excluding carboxylic acids is 1. The van der Waals surface area contributed by atoms with Crippen molar-refractivity contribution in [2.75, 3.05) is 0 Å². The largest absolute Gasteiger partial charge is 0.508 e. The summed E-state index contributed by atoms with van der Waals surface area (Å²) in [7, 11) is 0. The molecule has 1 N–H and O–H groups in total. The van der Waals surface area contributed by atoms with Crippen molar-refractivity contribution in [2.24, 2.45) is 0 Å². The monoisotopic (exact) mass is 388 g/mol. The SMILES string of the molecule is O=C(/C=C/c1ccc(COc2cccc(Cl)c2Cl)o1)c1cccc(O)c1. The molecule has 0 amide bonds. The summed E-state index contributed by atoms with van der Waals surface area (Å²) in [4.78, 5) is 12.1. The number of aromatic hydroxyl groups is 1. The molecule has 3 rings (SSSR count). The lowest BCUT2D eigenvalue weighted by Gasteiger charge is -2.06. The topological polar surface area (TPSA) is 59.7 Å². The summed E-state index contributed by atoms with van der Waals surface area (Å²) in [6.45, 7) is 0.175. The van der Waals surface area contributed by atoms with Crippen LogP contribution in [-0.4, -0.2) is 10.9 Å². The minimum absolute atomic E-state index is 0.0429. The van der Waals surface area contributed by atoms with Crippen LogP contribution in [0, 0.1) is 0 Å². The Labute approximate surface area is 160 Å². The number of furan rings is 1. The summed E-state index contributed by atoms with van der Waals surface area (Å²) in [5.41, 5.74) is 0.395. The fraction of sp³-hybridized carbons (Fsp3) is 0.0500. The summed E-state index contributed by atoms with van der Waals surface area (Å²) < 4.78 is 11.2. The molecule has 1 heterocycles. The fourth-order valence-corrected chi connectivity index (χ4v) is 2.57. The van der Waals surface area contributed by atoms with E-state index in [1.165, 1.54) is 18.2 Å². The number of benzene rings is 2. The molecule has 3 aromatic rings. The number of allylic oxidation sites excluding steroid dienone is 1. The average molecular weight is 389 g/mol. The van der Waals surface area contributed by atoms with Gasteiger partial charge in [0.15, 0.2) is 5.78 Å². The molecule has 0 aliphatic carbocycles. The Morgan fingerprint density at radius 3 is 2.73 bits per heavy atom. The highest BCUT2D eigenvalue weighted by atomic mass is 35.5. The second-order valence-corrected chi connectivity index (χ2v) is 6.18. The Balaban J connectivity index is 1.62. The van der Waals surface area contributed by atoms with Gasteiger partial charge >= 0.3 is 0 Å². The molecular formula is C20H14Cl2O4. The number of phenolic OH excluding ortho intramolecular Hbond substituents is 1. The first-order valence-corrected chi connectivity index (χ1v) is 8.45. The molecule has 2 aromatic carbocycles. The van der Waals surface area contributed by atoms with Crippen molar-refractivity contribution in [1.82, 2.24) is 0 Å². The number of carbonyl (C=O) groups is 1. The first-order chi connectivity index (χ1) is 12.5. The number of rotatable bonds is 6. The highest BCUT2D eigenvalue weighted by Gasteiger charge is 2.08. The number of hydrogen-bond acceptors (Lipinski definition) is 4. The molecular weight excluding hydrogens is 375 g/mol. The molecule has 0 aliphatic rings. The van der Waals surface area contributed by atoms with E-state index in [0.717, 1.165) is 0 Å². The highest BCUT2D eigenvalue weighted by molar-refractivity contribution is 6.42. The van der Waals surface area contributed by atoms with Gasteiger partial charge in [-0.05, 0) is 48.6 Å². The number of hydrogen-bond donors (Lipinski definition) is 1. The van der Waals surface area contributed by atoms with Crippen LogP contribution in [0.1, 0.15) is 21.9 Å². The third-order valence-electron chi connectivity index (χ3n) is 3.50. The third-order valence-corrected chi connectivity index (χ3v) is 4.30. The fourth-order valence-electron chi connectivity index (χ4n) is 2.22. The Hall–Kier alpha value is -2.69. The lowest BCUT2D eigenvalue weighted by atomic mass is 10.1. The predicted octanol–water partition coefficient (Wildman–Crippen LogP) is 5.77. The number of halogens is 2. The van der Waals surface area contributed by atoms with E-state index < -0.39 is 0 Å². The van der Waals surface area contributed by atoms with Crippen LogP contribution < -0.4 is 4.74 Å². The van der Waals surface area contributed by atoms with E-state index in [1.807, 2.05) is 0 Å². The number of phenols is 1. The quantitative estimate of drug-likeness (QED) is 0.430.